The van der Waals surface area contributed by atoms with E-state index >= 15 is 0 Å². The number of sulfonamides is 1. The first kappa shape index (κ1) is 19.0. The standard InChI is InChI=1S/C18H15NO6S2/c1-11-3-6-13(7-4-11)27(23,24)19-17(21)16(26-18(19)22)10-12-5-8-14(20)15(9-12)25-2/h3-10,20H,1-2H3/b16-10-. The zero-order valence-corrected chi connectivity index (χ0v) is 16.0. The summed E-state index contributed by atoms with van der Waals surface area (Å²) < 4.78 is 30.7. The second kappa shape index (κ2) is 7.09. The summed E-state index contributed by atoms with van der Waals surface area (Å²) in [6.07, 6.45) is 1.37. The molecule has 0 atom stereocenters. The number of phenols is 1. The lowest BCUT2D eigenvalue weighted by Gasteiger charge is -2.13. The maximum absolute atomic E-state index is 12.7. The van der Waals surface area contributed by atoms with Crippen molar-refractivity contribution in [3.63, 3.8) is 0 Å². The average molecular weight is 405 g/mol. The highest BCUT2D eigenvalue weighted by molar-refractivity contribution is 8.19. The van der Waals surface area contributed by atoms with Crippen molar-refractivity contribution in [3.8, 4) is 11.5 Å². The van der Waals surface area contributed by atoms with Crippen LogP contribution in [0.15, 0.2) is 52.3 Å². The molecule has 3 rings (SSSR count). The van der Waals surface area contributed by atoms with Crippen LogP contribution in [-0.2, 0) is 14.8 Å². The number of methoxy groups -OCH3 is 1. The van der Waals surface area contributed by atoms with E-state index in [9.17, 15) is 23.1 Å². The number of phenolic OH excluding ortho intramolecular Hbond substituents is 1. The topological polar surface area (TPSA) is 101 Å². The number of aromatic hydroxyl groups is 1. The molecule has 2 amide bonds. The van der Waals surface area contributed by atoms with Crippen molar-refractivity contribution < 1.29 is 27.9 Å². The molecule has 1 aliphatic rings. The highest BCUT2D eigenvalue weighted by atomic mass is 32.2. The molecule has 2 aromatic carbocycles. The molecule has 0 radical (unpaired) electrons. The number of hydrogen-bond acceptors (Lipinski definition) is 7. The van der Waals surface area contributed by atoms with Crippen molar-refractivity contribution in [2.24, 2.45) is 0 Å². The zero-order chi connectivity index (χ0) is 19.8. The van der Waals surface area contributed by atoms with Crippen LogP contribution in [0.4, 0.5) is 4.79 Å². The summed E-state index contributed by atoms with van der Waals surface area (Å²) in [5.74, 6) is -0.808. The second-order valence-electron chi connectivity index (χ2n) is 5.70. The summed E-state index contributed by atoms with van der Waals surface area (Å²) in [5, 5.41) is 8.73. The van der Waals surface area contributed by atoms with Gasteiger partial charge >= 0.3 is 5.24 Å². The van der Waals surface area contributed by atoms with E-state index in [1.54, 1.807) is 19.1 Å². The minimum absolute atomic E-state index is 0.0385. The van der Waals surface area contributed by atoms with Gasteiger partial charge in [0.2, 0.25) is 0 Å². The van der Waals surface area contributed by atoms with E-state index < -0.39 is 21.2 Å². The van der Waals surface area contributed by atoms with Gasteiger partial charge in [0.05, 0.1) is 16.9 Å². The predicted octanol–water partition coefficient (Wildman–Crippen LogP) is 3.13. The predicted molar refractivity (Wildman–Crippen MR) is 101 cm³/mol. The van der Waals surface area contributed by atoms with E-state index in [1.807, 2.05) is 0 Å². The quantitative estimate of drug-likeness (QED) is 0.780. The van der Waals surface area contributed by atoms with E-state index in [4.69, 9.17) is 4.74 Å². The molecule has 27 heavy (non-hydrogen) atoms. The Bertz CT molecular complexity index is 1060. The first-order chi connectivity index (χ1) is 12.7. The van der Waals surface area contributed by atoms with Crippen LogP contribution in [-0.4, -0.2) is 36.1 Å². The second-order valence-corrected chi connectivity index (χ2v) is 8.48. The molecule has 7 nitrogen and oxygen atoms in total. The molecule has 140 valence electrons. The van der Waals surface area contributed by atoms with E-state index in [0.29, 0.717) is 17.3 Å². The van der Waals surface area contributed by atoms with Gasteiger partial charge in [-0.3, -0.25) is 9.59 Å². The Labute approximate surface area is 160 Å². The third kappa shape index (κ3) is 3.56. The van der Waals surface area contributed by atoms with Crippen LogP contribution in [0.1, 0.15) is 11.1 Å². The summed E-state index contributed by atoms with van der Waals surface area (Å²) in [7, 11) is -2.91. The summed E-state index contributed by atoms with van der Waals surface area (Å²) in [4.78, 5) is 24.6. The number of thioether (sulfide) groups is 1. The molecule has 1 fully saturated rings. The SMILES string of the molecule is COc1cc(/C=C2\SC(=O)N(S(=O)(=O)c3ccc(C)cc3)C2=O)ccc1O. The summed E-state index contributed by atoms with van der Waals surface area (Å²) in [6.45, 7) is 1.80. The van der Waals surface area contributed by atoms with Gasteiger partial charge in [0.25, 0.3) is 15.9 Å². The Morgan fingerprint density at radius 1 is 1.11 bits per heavy atom. The van der Waals surface area contributed by atoms with E-state index in [0.717, 1.165) is 5.56 Å². The van der Waals surface area contributed by atoms with Crippen LogP contribution < -0.4 is 4.74 Å². The van der Waals surface area contributed by atoms with Crippen molar-refractivity contribution >= 4 is 39.0 Å². The van der Waals surface area contributed by atoms with Gasteiger partial charge < -0.3 is 9.84 Å². The minimum atomic E-state index is -4.29. The van der Waals surface area contributed by atoms with Gasteiger partial charge in [-0.15, -0.1) is 0 Å². The molecule has 0 bridgehead atoms. The Morgan fingerprint density at radius 2 is 1.78 bits per heavy atom. The number of rotatable bonds is 4. The molecule has 0 unspecified atom stereocenters. The number of carbonyl (C=O) groups is 2. The smallest absolute Gasteiger partial charge is 0.307 e. The molecule has 2 aromatic rings. The van der Waals surface area contributed by atoms with Crippen molar-refractivity contribution in [1.82, 2.24) is 4.31 Å². The Kier molecular flexibility index (Phi) is 4.99. The van der Waals surface area contributed by atoms with Gasteiger partial charge in [0.1, 0.15) is 0 Å². The van der Waals surface area contributed by atoms with Gasteiger partial charge in [0, 0.05) is 0 Å². The Hall–Kier alpha value is -2.78. The fraction of sp³-hybridized carbons (Fsp3) is 0.111. The largest absolute Gasteiger partial charge is 0.504 e. The Balaban J connectivity index is 1.96. The van der Waals surface area contributed by atoms with Crippen molar-refractivity contribution in [2.45, 2.75) is 11.8 Å². The summed E-state index contributed by atoms with van der Waals surface area (Å²) in [5.41, 5.74) is 1.33. The van der Waals surface area contributed by atoms with E-state index in [-0.39, 0.29) is 25.6 Å². The van der Waals surface area contributed by atoms with Crippen LogP contribution in [0.5, 0.6) is 11.5 Å². The van der Waals surface area contributed by atoms with Crippen LogP contribution in [0.3, 0.4) is 0 Å². The van der Waals surface area contributed by atoms with Crippen molar-refractivity contribution in [1.29, 1.82) is 0 Å². The van der Waals surface area contributed by atoms with Crippen LogP contribution in [0.2, 0.25) is 0 Å². The number of amides is 2. The fourth-order valence-electron chi connectivity index (χ4n) is 2.41. The third-order valence-electron chi connectivity index (χ3n) is 3.82. The highest BCUT2D eigenvalue weighted by Crippen LogP contribution is 2.37. The first-order valence-corrected chi connectivity index (χ1v) is 9.96. The number of aryl methyl sites for hydroxylation is 1. The molecule has 0 aromatic heterocycles. The lowest BCUT2D eigenvalue weighted by atomic mass is 10.2. The normalized spacial score (nSPS) is 16.2. The summed E-state index contributed by atoms with van der Waals surface area (Å²) in [6, 6.07) is 10.2. The van der Waals surface area contributed by atoms with Gasteiger partial charge in [0.15, 0.2) is 11.5 Å². The number of carbonyl (C=O) groups excluding carboxylic acids is 2. The van der Waals surface area contributed by atoms with Gasteiger partial charge in [-0.05, 0) is 54.6 Å². The Morgan fingerprint density at radius 3 is 2.41 bits per heavy atom. The molecule has 1 saturated heterocycles. The van der Waals surface area contributed by atoms with E-state index in [1.165, 1.54) is 43.5 Å². The van der Waals surface area contributed by atoms with Crippen LogP contribution in [0.25, 0.3) is 6.08 Å². The fourth-order valence-corrected chi connectivity index (χ4v) is 4.81. The number of ether oxygens (including phenoxy) is 1. The van der Waals surface area contributed by atoms with Gasteiger partial charge in [-0.1, -0.05) is 23.8 Å². The summed E-state index contributed by atoms with van der Waals surface area (Å²) >= 11 is 0.535. The van der Waals surface area contributed by atoms with Gasteiger partial charge in [-0.2, -0.15) is 4.31 Å². The minimum Gasteiger partial charge on any atom is -0.504 e. The number of imide groups is 1. The first-order valence-electron chi connectivity index (χ1n) is 7.71. The lowest BCUT2D eigenvalue weighted by Crippen LogP contribution is -2.34. The zero-order valence-electron chi connectivity index (χ0n) is 14.4. The highest BCUT2D eigenvalue weighted by Gasteiger charge is 2.44. The average Bonchev–Trinajstić information content (AvgIpc) is 2.91. The number of nitrogens with zero attached hydrogens (tertiary/aromatic N) is 1. The number of hydrogen-bond donors (Lipinski definition) is 1. The molecule has 0 spiro atoms. The van der Waals surface area contributed by atoms with Crippen LogP contribution in [0, 0.1) is 6.92 Å². The van der Waals surface area contributed by atoms with Crippen LogP contribution >= 0.6 is 11.8 Å². The monoisotopic (exact) mass is 405 g/mol. The van der Waals surface area contributed by atoms with Gasteiger partial charge in [-0.25, -0.2) is 8.42 Å². The molecule has 0 saturated carbocycles. The molecular formula is C18H15NO6S2. The maximum atomic E-state index is 12.7. The van der Waals surface area contributed by atoms with E-state index in [2.05, 4.69) is 0 Å². The lowest BCUT2D eigenvalue weighted by molar-refractivity contribution is -0.119. The molecule has 1 N–H and O–H groups in total. The molecule has 0 aliphatic carbocycles. The third-order valence-corrected chi connectivity index (χ3v) is 6.48. The van der Waals surface area contributed by atoms with Crippen molar-refractivity contribution in [2.75, 3.05) is 7.11 Å². The van der Waals surface area contributed by atoms with Crippen molar-refractivity contribution in [3.05, 3.63) is 58.5 Å². The number of benzene rings is 2. The molecule has 1 aliphatic heterocycles. The molecule has 1 heterocycles. The maximum Gasteiger partial charge on any atom is 0.307 e. The molecule has 9 heteroatoms. The molecular weight excluding hydrogens is 390 g/mol.